The van der Waals surface area contributed by atoms with Gasteiger partial charge in [0.05, 0.1) is 0 Å². The summed E-state index contributed by atoms with van der Waals surface area (Å²) >= 11 is 3.39. The fourth-order valence-electron chi connectivity index (χ4n) is 1.87. The van der Waals surface area contributed by atoms with Crippen LogP contribution < -0.4 is 11.1 Å². The number of rotatable bonds is 3. The lowest BCUT2D eigenvalue weighted by molar-refractivity contribution is 0.0950. The second kappa shape index (κ2) is 5.96. The maximum absolute atomic E-state index is 12.1. The summed E-state index contributed by atoms with van der Waals surface area (Å²) in [5.74, 6) is -0.0731. The highest BCUT2D eigenvalue weighted by atomic mass is 79.9. The van der Waals surface area contributed by atoms with Crippen molar-refractivity contribution in [3.8, 4) is 5.75 Å². The zero-order chi connectivity index (χ0) is 14.7. The van der Waals surface area contributed by atoms with E-state index in [9.17, 15) is 9.90 Å². The predicted octanol–water partition coefficient (Wildman–Crippen LogP) is 2.98. The van der Waals surface area contributed by atoms with Crippen LogP contribution >= 0.6 is 15.9 Å². The molecule has 0 aliphatic rings. The average molecular weight is 335 g/mol. The number of aromatic hydroxyl groups is 1. The number of hydrogen-bond acceptors (Lipinski definition) is 3. The largest absolute Gasteiger partial charge is 0.508 e. The molecule has 2 aromatic rings. The molecule has 0 saturated carbocycles. The Morgan fingerprint density at radius 1 is 1.35 bits per heavy atom. The van der Waals surface area contributed by atoms with E-state index in [0.29, 0.717) is 16.8 Å². The van der Waals surface area contributed by atoms with Crippen LogP contribution in [-0.2, 0) is 6.54 Å². The summed E-state index contributed by atoms with van der Waals surface area (Å²) in [5, 5.41) is 12.5. The van der Waals surface area contributed by atoms with Crippen LogP contribution in [0.25, 0.3) is 0 Å². The fourth-order valence-corrected chi connectivity index (χ4v) is 2.24. The number of anilines is 1. The number of phenols is 1. The molecule has 20 heavy (non-hydrogen) atoms. The Labute approximate surface area is 125 Å². The highest BCUT2D eigenvalue weighted by Gasteiger charge is 2.11. The van der Waals surface area contributed by atoms with Gasteiger partial charge in [0.15, 0.2) is 0 Å². The van der Waals surface area contributed by atoms with Gasteiger partial charge in [-0.25, -0.2) is 0 Å². The minimum atomic E-state index is -0.189. The normalized spacial score (nSPS) is 10.3. The summed E-state index contributed by atoms with van der Waals surface area (Å²) in [6.45, 7) is 2.10. The van der Waals surface area contributed by atoms with E-state index in [1.165, 1.54) is 6.07 Å². The molecule has 2 aromatic carbocycles. The number of nitrogens with two attached hydrogens (primary N) is 1. The minimum absolute atomic E-state index is 0.116. The summed E-state index contributed by atoms with van der Waals surface area (Å²) in [6, 6.07) is 10.2. The highest BCUT2D eigenvalue weighted by Crippen LogP contribution is 2.21. The van der Waals surface area contributed by atoms with E-state index < -0.39 is 0 Å². The van der Waals surface area contributed by atoms with E-state index in [2.05, 4.69) is 21.2 Å². The third-order valence-corrected chi connectivity index (χ3v) is 3.91. The van der Waals surface area contributed by atoms with Gasteiger partial charge in [0.2, 0.25) is 0 Å². The summed E-state index contributed by atoms with van der Waals surface area (Å²) in [7, 11) is 0. The molecule has 0 spiro atoms. The van der Waals surface area contributed by atoms with Gasteiger partial charge in [-0.05, 0) is 42.8 Å². The van der Waals surface area contributed by atoms with E-state index in [4.69, 9.17) is 5.73 Å². The Morgan fingerprint density at radius 2 is 2.10 bits per heavy atom. The lowest BCUT2D eigenvalue weighted by Crippen LogP contribution is -2.23. The molecule has 0 heterocycles. The maximum atomic E-state index is 12.1. The third kappa shape index (κ3) is 3.11. The van der Waals surface area contributed by atoms with Gasteiger partial charge in [0.1, 0.15) is 5.75 Å². The number of benzene rings is 2. The number of halogens is 1. The van der Waals surface area contributed by atoms with Crippen molar-refractivity contribution in [2.45, 2.75) is 13.5 Å². The molecule has 0 atom stereocenters. The van der Waals surface area contributed by atoms with Gasteiger partial charge < -0.3 is 16.2 Å². The van der Waals surface area contributed by atoms with Gasteiger partial charge in [-0.3, -0.25) is 4.79 Å². The van der Waals surface area contributed by atoms with Gasteiger partial charge in [0.25, 0.3) is 5.91 Å². The number of amides is 1. The number of carbonyl (C=O) groups is 1. The van der Waals surface area contributed by atoms with Gasteiger partial charge in [-0.1, -0.05) is 22.0 Å². The molecule has 0 aliphatic heterocycles. The third-order valence-electron chi connectivity index (χ3n) is 3.06. The maximum Gasteiger partial charge on any atom is 0.251 e. The van der Waals surface area contributed by atoms with Gasteiger partial charge in [0, 0.05) is 27.8 Å². The average Bonchev–Trinajstić information content (AvgIpc) is 2.42. The molecule has 0 saturated heterocycles. The highest BCUT2D eigenvalue weighted by molar-refractivity contribution is 9.10. The van der Waals surface area contributed by atoms with Crippen molar-refractivity contribution < 1.29 is 9.90 Å². The smallest absolute Gasteiger partial charge is 0.251 e. The van der Waals surface area contributed by atoms with Crippen molar-refractivity contribution in [2.75, 3.05) is 5.73 Å². The lowest BCUT2D eigenvalue weighted by atomic mass is 10.1. The molecular formula is C15H15BrN2O2. The first-order valence-corrected chi connectivity index (χ1v) is 6.89. The summed E-state index contributed by atoms with van der Waals surface area (Å²) in [5.41, 5.74) is 8.27. The van der Waals surface area contributed by atoms with Crippen molar-refractivity contribution in [3.05, 3.63) is 57.6 Å². The first-order chi connectivity index (χ1) is 9.49. The van der Waals surface area contributed by atoms with Crippen molar-refractivity contribution in [3.63, 3.8) is 0 Å². The zero-order valence-electron chi connectivity index (χ0n) is 11.0. The number of hydrogen-bond donors (Lipinski definition) is 3. The lowest BCUT2D eigenvalue weighted by Gasteiger charge is -2.10. The van der Waals surface area contributed by atoms with Crippen LogP contribution in [0.5, 0.6) is 5.75 Å². The summed E-state index contributed by atoms with van der Waals surface area (Å²) in [4.78, 5) is 12.1. The predicted molar refractivity (Wildman–Crippen MR) is 82.6 cm³/mol. The van der Waals surface area contributed by atoms with Crippen molar-refractivity contribution in [1.29, 1.82) is 0 Å². The Morgan fingerprint density at radius 3 is 2.85 bits per heavy atom. The van der Waals surface area contributed by atoms with Crippen LogP contribution in [0.1, 0.15) is 21.5 Å². The number of nitrogen functional groups attached to an aromatic ring is 1. The molecule has 4 N–H and O–H groups in total. The van der Waals surface area contributed by atoms with E-state index in [1.54, 1.807) is 18.2 Å². The Hall–Kier alpha value is -2.01. The molecule has 1 amide bonds. The molecule has 5 heteroatoms. The monoisotopic (exact) mass is 334 g/mol. The van der Waals surface area contributed by atoms with Crippen LogP contribution in [-0.4, -0.2) is 11.0 Å². The second-order valence-electron chi connectivity index (χ2n) is 4.48. The van der Waals surface area contributed by atoms with E-state index >= 15 is 0 Å². The van der Waals surface area contributed by atoms with Gasteiger partial charge in [-0.15, -0.1) is 0 Å². The number of carbonyl (C=O) groups excluding carboxylic acids is 1. The Kier molecular flexibility index (Phi) is 4.29. The topological polar surface area (TPSA) is 75.4 Å². The molecule has 0 radical (unpaired) electrons. The van der Waals surface area contributed by atoms with Crippen molar-refractivity contribution >= 4 is 27.5 Å². The Balaban J connectivity index is 2.13. The van der Waals surface area contributed by atoms with E-state index in [1.807, 2.05) is 19.1 Å². The van der Waals surface area contributed by atoms with Gasteiger partial charge in [-0.2, -0.15) is 0 Å². The van der Waals surface area contributed by atoms with Crippen LogP contribution in [0.3, 0.4) is 0 Å². The van der Waals surface area contributed by atoms with Crippen molar-refractivity contribution in [2.24, 2.45) is 0 Å². The van der Waals surface area contributed by atoms with Crippen LogP contribution in [0.15, 0.2) is 40.9 Å². The minimum Gasteiger partial charge on any atom is -0.508 e. The molecule has 2 rings (SSSR count). The van der Waals surface area contributed by atoms with Crippen LogP contribution in [0.4, 0.5) is 5.69 Å². The summed E-state index contributed by atoms with van der Waals surface area (Å²) in [6.07, 6.45) is 0. The van der Waals surface area contributed by atoms with E-state index in [-0.39, 0.29) is 18.2 Å². The zero-order valence-corrected chi connectivity index (χ0v) is 12.6. The van der Waals surface area contributed by atoms with E-state index in [0.717, 1.165) is 10.0 Å². The first kappa shape index (κ1) is 14.4. The first-order valence-electron chi connectivity index (χ1n) is 6.09. The van der Waals surface area contributed by atoms with Crippen molar-refractivity contribution in [1.82, 2.24) is 5.32 Å². The molecular weight excluding hydrogens is 320 g/mol. The molecule has 4 nitrogen and oxygen atoms in total. The van der Waals surface area contributed by atoms with Crippen LogP contribution in [0, 0.1) is 6.92 Å². The number of phenolic OH excluding ortho intramolecular Hbond substituents is 1. The molecule has 0 aliphatic carbocycles. The van der Waals surface area contributed by atoms with Gasteiger partial charge >= 0.3 is 0 Å². The molecule has 0 aromatic heterocycles. The number of nitrogens with one attached hydrogen (secondary N) is 1. The quantitative estimate of drug-likeness (QED) is 0.596. The standard InChI is InChI=1S/C15H15BrN2O2/c1-9-12(3-2-4-13(9)16)15(20)18-8-10-7-11(17)5-6-14(10)19/h2-7,19H,8,17H2,1H3,(H,18,20). The molecule has 104 valence electrons. The SMILES string of the molecule is Cc1c(Br)cccc1C(=O)NCc1cc(N)ccc1O. The Bertz CT molecular complexity index is 656. The molecule has 0 fully saturated rings. The second-order valence-corrected chi connectivity index (χ2v) is 5.34. The molecule has 0 bridgehead atoms. The molecule has 0 unspecified atom stereocenters. The van der Waals surface area contributed by atoms with Crippen LogP contribution in [0.2, 0.25) is 0 Å². The fraction of sp³-hybridized carbons (Fsp3) is 0.133. The summed E-state index contributed by atoms with van der Waals surface area (Å²) < 4.78 is 0.886.